The summed E-state index contributed by atoms with van der Waals surface area (Å²) in [4.78, 5) is 11.4. The van der Waals surface area contributed by atoms with Crippen LogP contribution in [0.3, 0.4) is 0 Å². The van der Waals surface area contributed by atoms with E-state index in [4.69, 9.17) is 22.7 Å². The molecule has 4 nitrogen and oxygen atoms in total. The monoisotopic (exact) mass is 288 g/mol. The number of methoxy groups -OCH3 is 1. The number of nitrogens with one attached hydrogen (secondary N) is 1. The molecule has 0 amide bonds. The van der Waals surface area contributed by atoms with E-state index in [-0.39, 0.29) is 0 Å². The fraction of sp³-hybridized carbons (Fsp3) is 0.0667. The van der Waals surface area contributed by atoms with Crippen molar-refractivity contribution in [1.82, 2.24) is 0 Å². The minimum Gasteiger partial charge on any atom is -0.465 e. The predicted molar refractivity (Wildman–Crippen MR) is 80.5 cm³/mol. The fourth-order valence-corrected chi connectivity index (χ4v) is 2.17. The Bertz CT molecular complexity index is 666. The Morgan fingerprint density at radius 1 is 1.30 bits per heavy atom. The molecule has 0 saturated carbocycles. The normalized spacial score (nSPS) is 10.1. The number of benzene rings is 2. The van der Waals surface area contributed by atoms with Crippen LogP contribution in [0.4, 0.5) is 5.69 Å². The summed E-state index contributed by atoms with van der Waals surface area (Å²) in [5.41, 5.74) is 8.94. The number of rotatable bonds is 3. The quantitative estimate of drug-likeness (QED) is 0.516. The lowest BCUT2D eigenvalue weighted by Gasteiger charge is -2.10. The number of ether oxygens (including phenoxy) is 1. The second-order valence-electron chi connectivity index (χ2n) is 4.17. The average Bonchev–Trinajstić information content (AvgIpc) is 2.46. The first-order valence-corrected chi connectivity index (χ1v) is 6.23. The molecule has 2 rings (SSSR count). The molecule has 20 heavy (non-hydrogen) atoms. The van der Waals surface area contributed by atoms with Gasteiger partial charge in [0.05, 0.1) is 12.7 Å². The van der Waals surface area contributed by atoms with Crippen LogP contribution >= 0.6 is 11.6 Å². The summed E-state index contributed by atoms with van der Waals surface area (Å²) in [5, 5.41) is 7.96. The summed E-state index contributed by atoms with van der Waals surface area (Å²) in [7, 11) is 1.33. The van der Waals surface area contributed by atoms with Gasteiger partial charge in [0.2, 0.25) is 0 Å². The number of nitrogen functional groups attached to an aromatic ring is 1. The molecule has 2 aromatic rings. The summed E-state index contributed by atoms with van der Waals surface area (Å²) in [6.07, 6.45) is 1.19. The van der Waals surface area contributed by atoms with E-state index in [2.05, 4.69) is 4.74 Å². The Morgan fingerprint density at radius 2 is 1.95 bits per heavy atom. The summed E-state index contributed by atoms with van der Waals surface area (Å²) >= 11 is 6.00. The van der Waals surface area contributed by atoms with Gasteiger partial charge in [-0.25, -0.2) is 4.79 Å². The predicted octanol–water partition coefficient (Wildman–Crippen LogP) is 3.37. The van der Waals surface area contributed by atoms with Crippen LogP contribution in [-0.4, -0.2) is 19.3 Å². The molecule has 0 radical (unpaired) electrons. The van der Waals surface area contributed by atoms with E-state index >= 15 is 0 Å². The number of carbonyl (C=O) groups excluding carboxylic acids is 1. The third kappa shape index (κ3) is 2.65. The molecule has 102 valence electrons. The van der Waals surface area contributed by atoms with Crippen molar-refractivity contribution in [2.45, 2.75) is 0 Å². The molecule has 0 saturated heterocycles. The molecule has 0 fully saturated rings. The van der Waals surface area contributed by atoms with E-state index in [1.807, 2.05) is 0 Å². The van der Waals surface area contributed by atoms with Gasteiger partial charge in [-0.2, -0.15) is 0 Å². The molecule has 5 heteroatoms. The van der Waals surface area contributed by atoms with E-state index in [0.717, 1.165) is 11.1 Å². The standard InChI is InChI=1S/C15H13ClN2O2/c1-20-15(19)10-4-2-9(3-5-10)12-6-11(16)7-14(18)13(12)8-17/h2-8,17H,18H2,1H3. The first kappa shape index (κ1) is 14.1. The van der Waals surface area contributed by atoms with E-state index in [1.54, 1.807) is 36.4 Å². The van der Waals surface area contributed by atoms with Crippen LogP contribution < -0.4 is 5.73 Å². The van der Waals surface area contributed by atoms with E-state index < -0.39 is 5.97 Å². The largest absolute Gasteiger partial charge is 0.465 e. The third-order valence-electron chi connectivity index (χ3n) is 2.94. The highest BCUT2D eigenvalue weighted by atomic mass is 35.5. The summed E-state index contributed by atoms with van der Waals surface area (Å²) in [5.74, 6) is -0.394. The van der Waals surface area contributed by atoms with E-state index in [0.29, 0.717) is 21.8 Å². The number of carbonyl (C=O) groups is 1. The van der Waals surface area contributed by atoms with Crippen molar-refractivity contribution in [2.24, 2.45) is 0 Å². The smallest absolute Gasteiger partial charge is 0.337 e. The summed E-state index contributed by atoms with van der Waals surface area (Å²) in [6.45, 7) is 0. The van der Waals surface area contributed by atoms with Gasteiger partial charge < -0.3 is 15.9 Å². The molecule has 0 aromatic heterocycles. The number of halogens is 1. The van der Waals surface area contributed by atoms with Crippen LogP contribution in [0.25, 0.3) is 11.1 Å². The van der Waals surface area contributed by atoms with Crippen LogP contribution in [0.2, 0.25) is 5.02 Å². The number of nitrogens with two attached hydrogens (primary N) is 1. The van der Waals surface area contributed by atoms with Crippen LogP contribution in [-0.2, 0) is 4.74 Å². The van der Waals surface area contributed by atoms with Gasteiger partial charge >= 0.3 is 5.97 Å². The lowest BCUT2D eigenvalue weighted by atomic mass is 9.98. The molecule has 0 bridgehead atoms. The van der Waals surface area contributed by atoms with Gasteiger partial charge in [0.25, 0.3) is 0 Å². The number of hydrogen-bond acceptors (Lipinski definition) is 4. The Balaban J connectivity index is 2.51. The Kier molecular flexibility index (Phi) is 4.05. The average molecular weight is 289 g/mol. The van der Waals surface area contributed by atoms with Crippen molar-refractivity contribution < 1.29 is 9.53 Å². The van der Waals surface area contributed by atoms with Crippen LogP contribution in [0, 0.1) is 5.41 Å². The number of hydrogen-bond donors (Lipinski definition) is 2. The maximum atomic E-state index is 11.4. The summed E-state index contributed by atoms with van der Waals surface area (Å²) in [6, 6.07) is 10.2. The van der Waals surface area contributed by atoms with Crippen molar-refractivity contribution in [3.8, 4) is 11.1 Å². The minimum absolute atomic E-state index is 0.394. The highest BCUT2D eigenvalue weighted by Gasteiger charge is 2.10. The molecule has 0 heterocycles. The third-order valence-corrected chi connectivity index (χ3v) is 3.16. The van der Waals surface area contributed by atoms with E-state index in [1.165, 1.54) is 13.3 Å². The minimum atomic E-state index is -0.394. The van der Waals surface area contributed by atoms with Gasteiger partial charge in [-0.15, -0.1) is 0 Å². The molecule has 0 aliphatic carbocycles. The van der Waals surface area contributed by atoms with E-state index in [9.17, 15) is 4.79 Å². The zero-order valence-corrected chi connectivity index (χ0v) is 11.6. The topological polar surface area (TPSA) is 76.2 Å². The van der Waals surface area contributed by atoms with Gasteiger partial charge in [-0.1, -0.05) is 23.7 Å². The van der Waals surface area contributed by atoms with Crippen molar-refractivity contribution >= 4 is 29.5 Å². The lowest BCUT2D eigenvalue weighted by molar-refractivity contribution is 0.0601. The maximum Gasteiger partial charge on any atom is 0.337 e. The Morgan fingerprint density at radius 3 is 2.50 bits per heavy atom. The number of esters is 1. The van der Waals surface area contributed by atoms with Crippen molar-refractivity contribution in [2.75, 3.05) is 12.8 Å². The first-order valence-electron chi connectivity index (χ1n) is 5.85. The fourth-order valence-electron chi connectivity index (χ4n) is 1.94. The molecular formula is C15H13ClN2O2. The molecule has 0 aliphatic heterocycles. The van der Waals surface area contributed by atoms with Crippen molar-refractivity contribution in [3.05, 3.63) is 52.5 Å². The number of anilines is 1. The Labute approximate surface area is 121 Å². The second kappa shape index (κ2) is 5.75. The lowest BCUT2D eigenvalue weighted by Crippen LogP contribution is -2.01. The van der Waals surface area contributed by atoms with Crippen LogP contribution in [0.5, 0.6) is 0 Å². The van der Waals surface area contributed by atoms with Crippen LogP contribution in [0.15, 0.2) is 36.4 Å². The van der Waals surface area contributed by atoms with Gasteiger partial charge in [0.15, 0.2) is 0 Å². The molecule has 0 spiro atoms. The Hall–Kier alpha value is -2.33. The van der Waals surface area contributed by atoms with Crippen LogP contribution in [0.1, 0.15) is 15.9 Å². The molecule has 2 aromatic carbocycles. The molecule has 0 aliphatic rings. The zero-order valence-electron chi connectivity index (χ0n) is 10.8. The van der Waals surface area contributed by atoms with Crippen molar-refractivity contribution in [1.29, 1.82) is 5.41 Å². The molecule has 0 unspecified atom stereocenters. The maximum absolute atomic E-state index is 11.4. The zero-order chi connectivity index (χ0) is 14.7. The van der Waals surface area contributed by atoms with Crippen molar-refractivity contribution in [3.63, 3.8) is 0 Å². The SMILES string of the molecule is COC(=O)c1ccc(-c2cc(Cl)cc(N)c2C=N)cc1. The molecular weight excluding hydrogens is 276 g/mol. The molecule has 0 atom stereocenters. The van der Waals surface area contributed by atoms with Gasteiger partial charge in [-0.3, -0.25) is 0 Å². The summed E-state index contributed by atoms with van der Waals surface area (Å²) < 4.78 is 4.65. The first-order chi connectivity index (χ1) is 9.56. The highest BCUT2D eigenvalue weighted by molar-refractivity contribution is 6.31. The highest BCUT2D eigenvalue weighted by Crippen LogP contribution is 2.30. The molecule has 3 N–H and O–H groups in total. The van der Waals surface area contributed by atoms with Gasteiger partial charge in [0.1, 0.15) is 0 Å². The van der Waals surface area contributed by atoms with Gasteiger partial charge in [-0.05, 0) is 35.4 Å². The second-order valence-corrected chi connectivity index (χ2v) is 4.61. The van der Waals surface area contributed by atoms with Gasteiger partial charge in [0, 0.05) is 22.5 Å².